The molecule has 0 aromatic rings. The first-order valence-electron chi connectivity index (χ1n) is 9.08. The third kappa shape index (κ3) is 2.32. The van der Waals surface area contributed by atoms with E-state index in [0.717, 1.165) is 12.8 Å². The highest BCUT2D eigenvalue weighted by Crippen LogP contribution is 2.62. The molecule has 0 aromatic carbocycles. The van der Waals surface area contributed by atoms with E-state index >= 15 is 0 Å². The largest absolute Gasteiger partial charge is 0.294 e. The fraction of sp³-hybridized carbons (Fsp3) is 0.762. The summed E-state index contributed by atoms with van der Waals surface area (Å²) in [5.74, 6) is 0.445. The van der Waals surface area contributed by atoms with E-state index in [9.17, 15) is 4.79 Å². The van der Waals surface area contributed by atoms with Crippen LogP contribution in [0.4, 0.5) is 0 Å². The highest BCUT2D eigenvalue weighted by atomic mass is 16.1. The van der Waals surface area contributed by atoms with Crippen LogP contribution in [0.25, 0.3) is 0 Å². The molecule has 2 fully saturated rings. The number of Topliss-reactive ketones (excluding diaryl/α,β-unsaturated/α-hetero) is 1. The molecule has 3 aliphatic carbocycles. The van der Waals surface area contributed by atoms with Crippen LogP contribution in [-0.4, -0.2) is 5.78 Å². The van der Waals surface area contributed by atoms with Crippen molar-refractivity contribution < 1.29 is 4.79 Å². The average Bonchev–Trinajstić information content (AvgIpc) is 2.89. The lowest BCUT2D eigenvalue weighted by atomic mass is 9.67. The summed E-state index contributed by atoms with van der Waals surface area (Å²) in [6.45, 7) is 13.8. The molecule has 22 heavy (non-hydrogen) atoms. The number of rotatable bonds is 0. The molecule has 3 aliphatic rings. The molecule has 122 valence electrons. The molecule has 1 nitrogen and oxygen atoms in total. The van der Waals surface area contributed by atoms with Crippen molar-refractivity contribution in [2.45, 2.75) is 86.5 Å². The van der Waals surface area contributed by atoms with Crippen LogP contribution in [-0.2, 0) is 4.79 Å². The number of hydrogen-bond acceptors (Lipinski definition) is 1. The van der Waals surface area contributed by atoms with E-state index < -0.39 is 0 Å². The molecule has 0 bridgehead atoms. The molecule has 0 aliphatic heterocycles. The maximum absolute atomic E-state index is 13.0. The minimum absolute atomic E-state index is 0.101. The van der Waals surface area contributed by atoms with Crippen LogP contribution in [0.1, 0.15) is 86.5 Å². The molecular formula is C21H32O. The lowest BCUT2D eigenvalue weighted by molar-refractivity contribution is -0.115. The van der Waals surface area contributed by atoms with Gasteiger partial charge in [-0.25, -0.2) is 0 Å². The Bertz CT molecular complexity index is 566. The predicted molar refractivity (Wildman–Crippen MR) is 92.7 cm³/mol. The van der Waals surface area contributed by atoms with Crippen LogP contribution in [0.15, 0.2) is 22.3 Å². The number of carbonyl (C=O) groups excluding carboxylic acids is 1. The second kappa shape index (κ2) is 4.82. The predicted octanol–water partition coefficient (Wildman–Crippen LogP) is 6.00. The normalized spacial score (nSPS) is 25.5. The Hall–Kier alpha value is -0.850. The Balaban J connectivity index is 2.20. The number of fused-ring (bicyclic) bond motifs is 2. The molecule has 0 saturated heterocycles. The van der Waals surface area contributed by atoms with Gasteiger partial charge in [0.05, 0.1) is 0 Å². The van der Waals surface area contributed by atoms with Crippen molar-refractivity contribution in [3.8, 4) is 0 Å². The standard InChI is InChI=1S/C21H32O/c1-19(2,3)14-12-15(20(4,5)6)18-17(14)16(22)13-21(18)10-8-7-9-11-21/h7-13H2,1-6H3. The number of ketones is 1. The molecule has 0 N–H and O–H groups in total. The molecule has 0 unspecified atom stereocenters. The van der Waals surface area contributed by atoms with Crippen molar-refractivity contribution in [1.82, 2.24) is 0 Å². The third-order valence-corrected chi connectivity index (χ3v) is 6.14. The molecule has 0 aromatic heterocycles. The fourth-order valence-corrected chi connectivity index (χ4v) is 4.97. The van der Waals surface area contributed by atoms with Crippen molar-refractivity contribution in [2.75, 3.05) is 0 Å². The van der Waals surface area contributed by atoms with Crippen molar-refractivity contribution in [3.05, 3.63) is 22.3 Å². The van der Waals surface area contributed by atoms with Crippen LogP contribution < -0.4 is 0 Å². The highest BCUT2D eigenvalue weighted by molar-refractivity contribution is 6.06. The summed E-state index contributed by atoms with van der Waals surface area (Å²) in [6.07, 6.45) is 8.23. The van der Waals surface area contributed by atoms with Crippen molar-refractivity contribution in [1.29, 1.82) is 0 Å². The van der Waals surface area contributed by atoms with Crippen LogP contribution in [0.5, 0.6) is 0 Å². The smallest absolute Gasteiger partial charge is 0.164 e. The van der Waals surface area contributed by atoms with Gasteiger partial charge in [0.1, 0.15) is 0 Å². The highest BCUT2D eigenvalue weighted by Gasteiger charge is 2.52. The molecule has 0 amide bonds. The van der Waals surface area contributed by atoms with E-state index in [0.29, 0.717) is 5.78 Å². The lowest BCUT2D eigenvalue weighted by Gasteiger charge is -2.37. The summed E-state index contributed by atoms with van der Waals surface area (Å²) in [7, 11) is 0. The van der Waals surface area contributed by atoms with Gasteiger partial charge in [-0.15, -0.1) is 0 Å². The SMILES string of the molecule is CC(C)(C)C1=C2C(=O)CC3(CCCCC3)C2=C(C(C)(C)C)C1. The minimum atomic E-state index is 0.101. The Morgan fingerprint density at radius 1 is 0.818 bits per heavy atom. The number of hydrogen-bond donors (Lipinski definition) is 0. The van der Waals surface area contributed by atoms with Gasteiger partial charge in [0.2, 0.25) is 0 Å². The summed E-state index contributed by atoms with van der Waals surface area (Å²) in [5.41, 5.74) is 6.13. The van der Waals surface area contributed by atoms with E-state index in [4.69, 9.17) is 0 Å². The third-order valence-electron chi connectivity index (χ3n) is 6.14. The molecular weight excluding hydrogens is 268 g/mol. The quantitative estimate of drug-likeness (QED) is 0.536. The van der Waals surface area contributed by atoms with Gasteiger partial charge in [0, 0.05) is 17.4 Å². The van der Waals surface area contributed by atoms with Gasteiger partial charge < -0.3 is 0 Å². The van der Waals surface area contributed by atoms with Crippen LogP contribution in [0.3, 0.4) is 0 Å². The lowest BCUT2D eigenvalue weighted by Crippen LogP contribution is -2.25. The summed E-state index contributed by atoms with van der Waals surface area (Å²) < 4.78 is 0. The summed E-state index contributed by atoms with van der Waals surface area (Å²) >= 11 is 0. The molecule has 0 heterocycles. The average molecular weight is 300 g/mol. The van der Waals surface area contributed by atoms with Gasteiger partial charge in [0.15, 0.2) is 5.78 Å². The first kappa shape index (κ1) is 16.0. The second-order valence-corrected chi connectivity index (χ2v) is 9.82. The molecule has 3 rings (SSSR count). The second-order valence-electron chi connectivity index (χ2n) is 9.82. The van der Waals surface area contributed by atoms with Gasteiger partial charge in [-0.05, 0) is 41.2 Å². The van der Waals surface area contributed by atoms with E-state index in [2.05, 4.69) is 41.5 Å². The Kier molecular flexibility index (Phi) is 3.51. The van der Waals surface area contributed by atoms with Gasteiger partial charge in [-0.1, -0.05) is 66.4 Å². The zero-order valence-electron chi connectivity index (χ0n) is 15.4. The topological polar surface area (TPSA) is 17.1 Å². The molecule has 0 radical (unpaired) electrons. The monoisotopic (exact) mass is 300 g/mol. The van der Waals surface area contributed by atoms with Crippen LogP contribution in [0, 0.1) is 16.2 Å². The Labute approximate surface area is 136 Å². The first-order chi connectivity index (χ1) is 10.1. The van der Waals surface area contributed by atoms with Crippen LogP contribution >= 0.6 is 0 Å². The maximum atomic E-state index is 13.0. The van der Waals surface area contributed by atoms with E-state index in [-0.39, 0.29) is 16.2 Å². The van der Waals surface area contributed by atoms with E-state index in [1.807, 2.05) is 0 Å². The Morgan fingerprint density at radius 2 is 1.36 bits per heavy atom. The fourth-order valence-electron chi connectivity index (χ4n) is 4.97. The minimum Gasteiger partial charge on any atom is -0.294 e. The number of allylic oxidation sites excluding steroid dienone is 4. The van der Waals surface area contributed by atoms with Crippen molar-refractivity contribution >= 4 is 5.78 Å². The Morgan fingerprint density at radius 3 is 1.86 bits per heavy atom. The zero-order chi connectivity index (χ0) is 16.3. The van der Waals surface area contributed by atoms with Crippen molar-refractivity contribution in [2.24, 2.45) is 16.2 Å². The summed E-state index contributed by atoms with van der Waals surface area (Å²) in [5, 5.41) is 0. The van der Waals surface area contributed by atoms with Gasteiger partial charge in [0.25, 0.3) is 0 Å². The summed E-state index contributed by atoms with van der Waals surface area (Å²) in [6, 6.07) is 0. The first-order valence-corrected chi connectivity index (χ1v) is 9.08. The van der Waals surface area contributed by atoms with Gasteiger partial charge in [-0.3, -0.25) is 4.79 Å². The maximum Gasteiger partial charge on any atom is 0.164 e. The van der Waals surface area contributed by atoms with E-state index in [1.165, 1.54) is 48.8 Å². The zero-order valence-corrected chi connectivity index (χ0v) is 15.4. The summed E-state index contributed by atoms with van der Waals surface area (Å²) in [4.78, 5) is 13.0. The molecule has 1 spiro atoms. The molecule has 0 atom stereocenters. The number of carbonyl (C=O) groups is 1. The van der Waals surface area contributed by atoms with E-state index in [1.54, 1.807) is 5.57 Å². The van der Waals surface area contributed by atoms with Gasteiger partial charge in [-0.2, -0.15) is 0 Å². The van der Waals surface area contributed by atoms with Crippen LogP contribution in [0.2, 0.25) is 0 Å². The van der Waals surface area contributed by atoms with Gasteiger partial charge >= 0.3 is 0 Å². The molecule has 1 heteroatoms. The molecule has 2 saturated carbocycles. The van der Waals surface area contributed by atoms with Crippen molar-refractivity contribution in [3.63, 3.8) is 0 Å².